The largest absolute Gasteiger partial charge is 0.352 e. The molecule has 2 rings (SSSR count). The Morgan fingerprint density at radius 1 is 1.26 bits per heavy atom. The second-order valence-electron chi connectivity index (χ2n) is 5.71. The summed E-state index contributed by atoms with van der Waals surface area (Å²) < 4.78 is 2.29. The number of aryl methyl sites for hydroxylation is 1. The third-order valence-corrected chi connectivity index (χ3v) is 3.62. The zero-order chi connectivity index (χ0) is 17.1. The Hall–Kier alpha value is -2.48. The molecule has 1 N–H and O–H groups in total. The summed E-state index contributed by atoms with van der Waals surface area (Å²) in [6.07, 6.45) is 2.21. The van der Waals surface area contributed by atoms with Crippen LogP contribution in [0.2, 0.25) is 0 Å². The van der Waals surface area contributed by atoms with Crippen LogP contribution in [0.4, 0.5) is 0 Å². The monoisotopic (exact) mass is 319 g/mol. The number of nitrogens with zero attached hydrogens (tertiary/aromatic N) is 4. The first-order valence-electron chi connectivity index (χ1n) is 7.31. The number of carbonyl (C=O) groups excluding carboxylic acids is 1. The van der Waals surface area contributed by atoms with Gasteiger partial charge in [0.15, 0.2) is 0 Å². The zero-order valence-corrected chi connectivity index (χ0v) is 13.8. The van der Waals surface area contributed by atoms with Crippen molar-refractivity contribution in [3.63, 3.8) is 0 Å². The van der Waals surface area contributed by atoms with E-state index in [2.05, 4.69) is 10.3 Å². The van der Waals surface area contributed by atoms with E-state index < -0.39 is 11.2 Å². The lowest BCUT2D eigenvalue weighted by Gasteiger charge is -2.10. The van der Waals surface area contributed by atoms with Gasteiger partial charge in [-0.25, -0.2) is 9.78 Å². The van der Waals surface area contributed by atoms with Crippen LogP contribution in [0.15, 0.2) is 21.9 Å². The van der Waals surface area contributed by atoms with Crippen LogP contribution < -0.4 is 16.6 Å². The summed E-state index contributed by atoms with van der Waals surface area (Å²) in [4.78, 5) is 42.3. The number of aromatic nitrogens is 3. The molecule has 0 aromatic carbocycles. The van der Waals surface area contributed by atoms with E-state index in [0.717, 1.165) is 17.5 Å². The summed E-state index contributed by atoms with van der Waals surface area (Å²) in [6.45, 7) is 1.42. The Morgan fingerprint density at radius 3 is 2.61 bits per heavy atom. The fourth-order valence-corrected chi connectivity index (χ4v) is 2.29. The molecule has 0 radical (unpaired) electrons. The molecule has 2 heterocycles. The Morgan fingerprint density at radius 2 is 1.96 bits per heavy atom. The first-order chi connectivity index (χ1) is 10.8. The third-order valence-electron chi connectivity index (χ3n) is 3.62. The fourth-order valence-electron chi connectivity index (χ4n) is 2.29. The summed E-state index contributed by atoms with van der Waals surface area (Å²) in [7, 11) is 6.88. The maximum Gasteiger partial charge on any atom is 0.332 e. The van der Waals surface area contributed by atoms with Crippen LogP contribution in [0.25, 0.3) is 11.0 Å². The first kappa shape index (κ1) is 16.9. The Kier molecular flexibility index (Phi) is 4.95. The van der Waals surface area contributed by atoms with E-state index in [-0.39, 0.29) is 16.9 Å². The molecular formula is C15H21N5O3. The molecule has 2 aromatic heterocycles. The van der Waals surface area contributed by atoms with Crippen molar-refractivity contribution in [3.05, 3.63) is 38.7 Å². The van der Waals surface area contributed by atoms with Crippen molar-refractivity contribution in [2.75, 3.05) is 27.2 Å². The fraction of sp³-hybridized carbons (Fsp3) is 0.467. The van der Waals surface area contributed by atoms with Gasteiger partial charge in [0, 0.05) is 26.8 Å². The molecule has 0 aliphatic carbocycles. The Balaban J connectivity index is 2.28. The van der Waals surface area contributed by atoms with Crippen LogP contribution >= 0.6 is 0 Å². The number of amides is 1. The summed E-state index contributed by atoms with van der Waals surface area (Å²) in [5.74, 6) is -0.283. The molecule has 23 heavy (non-hydrogen) atoms. The highest BCUT2D eigenvalue weighted by Gasteiger charge is 2.13. The lowest BCUT2D eigenvalue weighted by Crippen LogP contribution is -2.37. The summed E-state index contributed by atoms with van der Waals surface area (Å²) in [5, 5.41) is 3.04. The molecule has 8 nitrogen and oxygen atoms in total. The average molecular weight is 319 g/mol. The lowest BCUT2D eigenvalue weighted by atomic mass is 10.2. The minimum absolute atomic E-state index is 0.246. The van der Waals surface area contributed by atoms with Gasteiger partial charge in [-0.15, -0.1) is 0 Å². The lowest BCUT2D eigenvalue weighted by molar-refractivity contribution is 0.0952. The summed E-state index contributed by atoms with van der Waals surface area (Å²) in [6, 6.07) is 1.48. The highest BCUT2D eigenvalue weighted by Crippen LogP contribution is 2.07. The molecule has 0 saturated carbocycles. The van der Waals surface area contributed by atoms with Crippen LogP contribution in [-0.4, -0.2) is 52.1 Å². The molecule has 2 aromatic rings. The quantitative estimate of drug-likeness (QED) is 0.737. The second-order valence-corrected chi connectivity index (χ2v) is 5.71. The average Bonchev–Trinajstić information content (AvgIpc) is 2.54. The molecule has 0 bridgehead atoms. The molecule has 0 saturated heterocycles. The number of pyridine rings is 1. The highest BCUT2D eigenvalue weighted by atomic mass is 16.2. The van der Waals surface area contributed by atoms with Crippen molar-refractivity contribution in [3.8, 4) is 0 Å². The van der Waals surface area contributed by atoms with Gasteiger partial charge in [-0.2, -0.15) is 0 Å². The molecule has 8 heteroatoms. The van der Waals surface area contributed by atoms with Crippen LogP contribution in [0, 0.1) is 0 Å². The minimum Gasteiger partial charge on any atom is -0.352 e. The van der Waals surface area contributed by atoms with E-state index in [1.165, 1.54) is 30.9 Å². The number of hydrogen-bond acceptors (Lipinski definition) is 5. The molecule has 0 aliphatic heterocycles. The van der Waals surface area contributed by atoms with Gasteiger partial charge in [-0.05, 0) is 33.1 Å². The molecule has 0 unspecified atom stereocenters. The SMILES string of the molecule is CN(C)CCCNC(=O)c1cnc2c(c1)c(=O)n(C)c(=O)n2C. The van der Waals surface area contributed by atoms with E-state index in [9.17, 15) is 14.4 Å². The highest BCUT2D eigenvalue weighted by molar-refractivity contribution is 5.96. The standard InChI is InChI=1S/C15H21N5O3/c1-18(2)7-5-6-16-13(21)10-8-11-12(17-9-10)19(3)15(23)20(4)14(11)22/h8-9H,5-7H2,1-4H3,(H,16,21). The number of nitrogens with one attached hydrogen (secondary N) is 1. The molecular weight excluding hydrogens is 298 g/mol. The van der Waals surface area contributed by atoms with Crippen LogP contribution in [0.5, 0.6) is 0 Å². The molecule has 0 aliphatic rings. The van der Waals surface area contributed by atoms with Crippen LogP contribution in [0.3, 0.4) is 0 Å². The molecule has 0 atom stereocenters. The predicted molar refractivity (Wildman–Crippen MR) is 87.7 cm³/mol. The predicted octanol–water partition coefficient (Wildman–Crippen LogP) is -0.686. The first-order valence-corrected chi connectivity index (χ1v) is 7.31. The summed E-state index contributed by atoms with van der Waals surface area (Å²) >= 11 is 0. The Bertz CT molecular complexity index is 851. The number of hydrogen-bond donors (Lipinski definition) is 1. The van der Waals surface area contributed by atoms with E-state index >= 15 is 0 Å². The number of fused-ring (bicyclic) bond motifs is 1. The van der Waals surface area contributed by atoms with Crippen LogP contribution in [0.1, 0.15) is 16.8 Å². The van der Waals surface area contributed by atoms with Gasteiger partial charge < -0.3 is 10.2 Å². The van der Waals surface area contributed by atoms with E-state index in [4.69, 9.17) is 0 Å². The maximum atomic E-state index is 12.2. The molecule has 0 spiro atoms. The molecule has 124 valence electrons. The van der Waals surface area contributed by atoms with Crippen LogP contribution in [-0.2, 0) is 14.1 Å². The number of carbonyl (C=O) groups is 1. The van der Waals surface area contributed by atoms with Crippen molar-refractivity contribution < 1.29 is 4.79 Å². The van der Waals surface area contributed by atoms with Crippen molar-refractivity contribution in [2.45, 2.75) is 6.42 Å². The van der Waals surface area contributed by atoms with E-state index in [1.54, 1.807) is 0 Å². The summed E-state index contributed by atoms with van der Waals surface area (Å²) in [5.41, 5.74) is -0.339. The van der Waals surface area contributed by atoms with Gasteiger partial charge in [0.25, 0.3) is 11.5 Å². The third kappa shape index (κ3) is 3.48. The van der Waals surface area contributed by atoms with E-state index in [0.29, 0.717) is 12.1 Å². The van der Waals surface area contributed by atoms with Gasteiger partial charge in [0.05, 0.1) is 10.9 Å². The van der Waals surface area contributed by atoms with Gasteiger partial charge in [-0.1, -0.05) is 0 Å². The molecule has 1 amide bonds. The minimum atomic E-state index is -0.460. The topological polar surface area (TPSA) is 89.2 Å². The van der Waals surface area contributed by atoms with Crippen molar-refractivity contribution in [2.24, 2.45) is 14.1 Å². The van der Waals surface area contributed by atoms with E-state index in [1.807, 2.05) is 19.0 Å². The smallest absolute Gasteiger partial charge is 0.332 e. The van der Waals surface area contributed by atoms with Crippen molar-refractivity contribution in [1.29, 1.82) is 0 Å². The maximum absolute atomic E-state index is 12.2. The second kappa shape index (κ2) is 6.74. The van der Waals surface area contributed by atoms with Gasteiger partial charge in [0.2, 0.25) is 0 Å². The van der Waals surface area contributed by atoms with Gasteiger partial charge in [-0.3, -0.25) is 18.7 Å². The van der Waals surface area contributed by atoms with Gasteiger partial charge >= 0.3 is 5.69 Å². The van der Waals surface area contributed by atoms with Crippen molar-refractivity contribution in [1.82, 2.24) is 24.3 Å². The zero-order valence-electron chi connectivity index (χ0n) is 13.8. The van der Waals surface area contributed by atoms with Gasteiger partial charge in [0.1, 0.15) is 5.65 Å². The Labute approximate surface area is 133 Å². The number of rotatable bonds is 5. The van der Waals surface area contributed by atoms with Crippen molar-refractivity contribution >= 4 is 16.9 Å². The molecule has 0 fully saturated rings. The normalized spacial score (nSPS) is 11.2.